The molecule has 0 spiro atoms. The lowest BCUT2D eigenvalue weighted by molar-refractivity contribution is 0.194. The number of fused-ring (bicyclic) bond motifs is 1. The van der Waals surface area contributed by atoms with Crippen LogP contribution >= 0.6 is 0 Å². The van der Waals surface area contributed by atoms with E-state index < -0.39 is 6.10 Å². The zero-order chi connectivity index (χ0) is 16.0. The molecule has 23 heavy (non-hydrogen) atoms. The summed E-state index contributed by atoms with van der Waals surface area (Å²) in [7, 11) is 0. The van der Waals surface area contributed by atoms with Crippen molar-refractivity contribution >= 4 is 5.82 Å². The molecular weight excluding hydrogens is 292 g/mol. The van der Waals surface area contributed by atoms with Crippen molar-refractivity contribution in [2.75, 3.05) is 18.0 Å². The van der Waals surface area contributed by atoms with Crippen LogP contribution in [-0.2, 0) is 12.8 Å². The fourth-order valence-corrected chi connectivity index (χ4v) is 3.41. The van der Waals surface area contributed by atoms with Crippen molar-refractivity contribution in [2.24, 2.45) is 0 Å². The average Bonchev–Trinajstić information content (AvgIpc) is 2.95. The summed E-state index contributed by atoms with van der Waals surface area (Å²) < 4.78 is 1.86. The Morgan fingerprint density at radius 1 is 1.22 bits per heavy atom. The Labute approximate surface area is 135 Å². The van der Waals surface area contributed by atoms with Gasteiger partial charge in [-0.05, 0) is 39.5 Å². The number of hydrogen-bond acceptors (Lipinski definition) is 6. The van der Waals surface area contributed by atoms with E-state index in [1.165, 1.54) is 24.1 Å². The first-order chi connectivity index (χ1) is 11.1. The monoisotopic (exact) mass is 314 g/mol. The zero-order valence-electron chi connectivity index (χ0n) is 13.6. The smallest absolute Gasteiger partial charge is 0.135 e. The van der Waals surface area contributed by atoms with Crippen LogP contribution in [0.1, 0.15) is 54.7 Å². The first kappa shape index (κ1) is 14.6. The molecule has 0 aromatic carbocycles. The van der Waals surface area contributed by atoms with Crippen molar-refractivity contribution in [3.8, 4) is 0 Å². The molecule has 1 aliphatic heterocycles. The van der Waals surface area contributed by atoms with Crippen molar-refractivity contribution in [2.45, 2.75) is 51.7 Å². The predicted octanol–water partition coefficient (Wildman–Crippen LogP) is 1.37. The van der Waals surface area contributed by atoms with Crippen LogP contribution in [0.15, 0.2) is 6.20 Å². The Morgan fingerprint density at radius 2 is 2.00 bits per heavy atom. The molecule has 4 rings (SSSR count). The maximum absolute atomic E-state index is 9.56. The molecule has 1 aliphatic carbocycles. The topological polar surface area (TPSA) is 80.0 Å². The molecule has 2 aliphatic rings. The van der Waals surface area contributed by atoms with Gasteiger partial charge in [-0.1, -0.05) is 5.21 Å². The molecule has 0 radical (unpaired) electrons. The van der Waals surface area contributed by atoms with Gasteiger partial charge in [0.15, 0.2) is 0 Å². The minimum atomic E-state index is -0.573. The van der Waals surface area contributed by atoms with Gasteiger partial charge in [-0.2, -0.15) is 0 Å². The molecule has 2 aromatic heterocycles. The molecule has 0 bridgehead atoms. The van der Waals surface area contributed by atoms with Crippen LogP contribution in [0.4, 0.5) is 5.82 Å². The summed E-state index contributed by atoms with van der Waals surface area (Å²) in [4.78, 5) is 11.6. The number of aliphatic hydroxyl groups excluding tert-OH is 1. The van der Waals surface area contributed by atoms with Crippen LogP contribution in [0.25, 0.3) is 0 Å². The van der Waals surface area contributed by atoms with Gasteiger partial charge in [0.1, 0.15) is 17.3 Å². The molecule has 3 heterocycles. The van der Waals surface area contributed by atoms with E-state index in [-0.39, 0.29) is 0 Å². The Kier molecular flexibility index (Phi) is 3.52. The van der Waals surface area contributed by atoms with Gasteiger partial charge >= 0.3 is 0 Å². The Bertz CT molecular complexity index is 719. The van der Waals surface area contributed by atoms with Crippen molar-refractivity contribution in [3.05, 3.63) is 29.0 Å². The first-order valence-corrected chi connectivity index (χ1v) is 8.33. The predicted molar refractivity (Wildman–Crippen MR) is 85.3 cm³/mol. The summed E-state index contributed by atoms with van der Waals surface area (Å²) in [5.41, 5.74) is 3.20. The number of anilines is 1. The van der Waals surface area contributed by atoms with Crippen LogP contribution in [-0.4, -0.2) is 43.2 Å². The van der Waals surface area contributed by atoms with Gasteiger partial charge < -0.3 is 10.0 Å². The van der Waals surface area contributed by atoms with Gasteiger partial charge in [-0.25, -0.2) is 14.6 Å². The molecule has 122 valence electrons. The largest absolute Gasteiger partial charge is 0.387 e. The zero-order valence-corrected chi connectivity index (χ0v) is 13.6. The number of aliphatic hydroxyl groups is 1. The average molecular weight is 314 g/mol. The lowest BCUT2D eigenvalue weighted by Gasteiger charge is -2.41. The number of rotatable bonds is 3. The standard InChI is InChI=1S/C16H22N6O/c1-10(23)15-9-22(20-19-15)12-7-21(8-12)16-13-5-3-4-6-14(13)17-11(2)18-16/h9-10,12,23H,3-8H2,1-2H3. The molecule has 0 amide bonds. The van der Waals surface area contributed by atoms with Gasteiger partial charge in [-0.3, -0.25) is 0 Å². The van der Waals surface area contributed by atoms with Gasteiger partial charge in [0.2, 0.25) is 0 Å². The summed E-state index contributed by atoms with van der Waals surface area (Å²) in [6.07, 6.45) is 5.88. The number of nitrogens with zero attached hydrogens (tertiary/aromatic N) is 6. The maximum atomic E-state index is 9.56. The molecular formula is C16H22N6O. The molecule has 1 fully saturated rings. The van der Waals surface area contributed by atoms with Crippen LogP contribution in [0.2, 0.25) is 0 Å². The fourth-order valence-electron chi connectivity index (χ4n) is 3.41. The van der Waals surface area contributed by atoms with E-state index in [4.69, 9.17) is 4.98 Å². The van der Waals surface area contributed by atoms with E-state index in [1.807, 2.05) is 17.8 Å². The fraction of sp³-hybridized carbons (Fsp3) is 0.625. The van der Waals surface area contributed by atoms with Crippen LogP contribution in [0.5, 0.6) is 0 Å². The van der Waals surface area contributed by atoms with Crippen LogP contribution in [0.3, 0.4) is 0 Å². The second-order valence-corrected chi connectivity index (χ2v) is 6.58. The van der Waals surface area contributed by atoms with E-state index in [0.717, 1.165) is 37.6 Å². The van der Waals surface area contributed by atoms with E-state index in [1.54, 1.807) is 6.92 Å². The van der Waals surface area contributed by atoms with Gasteiger partial charge in [0, 0.05) is 24.3 Å². The summed E-state index contributed by atoms with van der Waals surface area (Å²) in [6, 6.07) is 0.296. The van der Waals surface area contributed by atoms with Gasteiger partial charge in [0.25, 0.3) is 0 Å². The van der Waals surface area contributed by atoms with Crippen molar-refractivity contribution in [1.29, 1.82) is 0 Å². The quantitative estimate of drug-likeness (QED) is 0.921. The van der Waals surface area contributed by atoms with Crippen LogP contribution in [0, 0.1) is 6.92 Å². The van der Waals surface area contributed by atoms with Crippen LogP contribution < -0.4 is 4.90 Å². The highest BCUT2D eigenvalue weighted by Gasteiger charge is 2.33. The summed E-state index contributed by atoms with van der Waals surface area (Å²) in [5, 5.41) is 17.7. The first-order valence-electron chi connectivity index (χ1n) is 8.33. The molecule has 7 heteroatoms. The second-order valence-electron chi connectivity index (χ2n) is 6.58. The van der Waals surface area contributed by atoms with Crippen molar-refractivity contribution < 1.29 is 5.11 Å². The minimum absolute atomic E-state index is 0.296. The molecule has 2 aromatic rings. The summed E-state index contributed by atoms with van der Waals surface area (Å²) >= 11 is 0. The van der Waals surface area contributed by atoms with Gasteiger partial charge in [0.05, 0.1) is 18.3 Å². The highest BCUT2D eigenvalue weighted by molar-refractivity contribution is 5.52. The van der Waals surface area contributed by atoms with Gasteiger partial charge in [-0.15, -0.1) is 5.10 Å². The lowest BCUT2D eigenvalue weighted by atomic mass is 9.95. The Balaban J connectivity index is 1.52. The molecule has 1 saturated heterocycles. The second kappa shape index (κ2) is 5.56. The van der Waals surface area contributed by atoms with E-state index >= 15 is 0 Å². The van der Waals surface area contributed by atoms with Crippen molar-refractivity contribution in [3.63, 3.8) is 0 Å². The molecule has 7 nitrogen and oxygen atoms in total. The lowest BCUT2D eigenvalue weighted by Crippen LogP contribution is -2.49. The highest BCUT2D eigenvalue weighted by Crippen LogP contribution is 2.33. The molecule has 1 N–H and O–H groups in total. The Morgan fingerprint density at radius 3 is 2.74 bits per heavy atom. The summed E-state index contributed by atoms with van der Waals surface area (Å²) in [5.74, 6) is 1.97. The van der Waals surface area contributed by atoms with E-state index in [9.17, 15) is 5.11 Å². The number of aromatic nitrogens is 5. The van der Waals surface area contributed by atoms with E-state index in [2.05, 4.69) is 20.2 Å². The SMILES string of the molecule is Cc1nc2c(c(N3CC(n4cc(C(C)O)nn4)C3)n1)CCCC2. The Hall–Kier alpha value is -2.02. The normalized spacial score (nSPS) is 19.3. The minimum Gasteiger partial charge on any atom is -0.387 e. The molecule has 0 saturated carbocycles. The maximum Gasteiger partial charge on any atom is 0.135 e. The van der Waals surface area contributed by atoms with E-state index in [0.29, 0.717) is 11.7 Å². The number of hydrogen-bond donors (Lipinski definition) is 1. The molecule has 1 unspecified atom stereocenters. The third-order valence-electron chi connectivity index (χ3n) is 4.77. The molecule has 1 atom stereocenters. The highest BCUT2D eigenvalue weighted by atomic mass is 16.3. The van der Waals surface area contributed by atoms with Crippen molar-refractivity contribution in [1.82, 2.24) is 25.0 Å². The summed E-state index contributed by atoms with van der Waals surface area (Å²) in [6.45, 7) is 5.44. The third kappa shape index (κ3) is 2.59. The number of aryl methyl sites for hydroxylation is 2. The third-order valence-corrected chi connectivity index (χ3v) is 4.77.